The van der Waals surface area contributed by atoms with E-state index in [0.29, 0.717) is 57.8 Å². The Morgan fingerprint density at radius 2 is 1.88 bits per heavy atom. The summed E-state index contributed by atoms with van der Waals surface area (Å²) in [5, 5.41) is 3.33. The van der Waals surface area contributed by atoms with E-state index in [4.69, 9.17) is 14.1 Å². The minimum absolute atomic E-state index is 0.0566. The van der Waals surface area contributed by atoms with Crippen LogP contribution in [0.25, 0.3) is 44.5 Å². The summed E-state index contributed by atoms with van der Waals surface area (Å²) in [5.41, 5.74) is 2.93. The molecule has 13 heteroatoms. The summed E-state index contributed by atoms with van der Waals surface area (Å²) in [6.07, 6.45) is 1.92. The van der Waals surface area contributed by atoms with Crippen LogP contribution in [0, 0.1) is 5.82 Å². The highest BCUT2D eigenvalue weighted by Gasteiger charge is 2.33. The molecule has 5 heterocycles. The van der Waals surface area contributed by atoms with Crippen molar-refractivity contribution >= 4 is 49.4 Å². The average Bonchev–Trinajstić information content (AvgIpc) is 3.53. The van der Waals surface area contributed by atoms with E-state index in [9.17, 15) is 22.4 Å². The van der Waals surface area contributed by atoms with Crippen LogP contribution in [0.5, 0.6) is 5.75 Å². The molecule has 3 aromatic heterocycles. The van der Waals surface area contributed by atoms with E-state index >= 15 is 0 Å². The van der Waals surface area contributed by atoms with E-state index in [2.05, 4.69) is 5.32 Å². The molecule has 2 aliphatic heterocycles. The van der Waals surface area contributed by atoms with Gasteiger partial charge in [0.15, 0.2) is 6.73 Å². The fourth-order valence-corrected chi connectivity index (χ4v) is 6.06. The minimum atomic E-state index is -3.75. The quantitative estimate of drug-likeness (QED) is 0.319. The largest absolute Gasteiger partial charge is 0.470 e. The first kappa shape index (κ1) is 27.0. The van der Waals surface area contributed by atoms with Crippen LogP contribution in [0.4, 0.5) is 10.1 Å². The molecule has 220 valence electrons. The highest BCUT2D eigenvalue weighted by molar-refractivity contribution is 7.92. The number of fused-ring (bicyclic) bond motifs is 6. The SMILES string of the molecule is CNC(=O)c1c(C(=O)N2CCC2)oc2cc(N(C)S(C)(=O)=O)c(-c3ccc4c(n3)-c3cc5c(F)cccc5n3CO4)cc12. The van der Waals surface area contributed by atoms with Gasteiger partial charge in [0.05, 0.1) is 34.4 Å². The van der Waals surface area contributed by atoms with Crippen molar-refractivity contribution in [3.63, 3.8) is 0 Å². The van der Waals surface area contributed by atoms with Crippen LogP contribution >= 0.6 is 0 Å². The molecule has 5 aromatic rings. The van der Waals surface area contributed by atoms with Gasteiger partial charge in [0.1, 0.15) is 22.8 Å². The van der Waals surface area contributed by atoms with Gasteiger partial charge in [0.2, 0.25) is 15.8 Å². The molecule has 11 nitrogen and oxygen atoms in total. The van der Waals surface area contributed by atoms with Gasteiger partial charge in [-0.2, -0.15) is 0 Å². The monoisotopic (exact) mass is 603 g/mol. The first-order chi connectivity index (χ1) is 20.6. The van der Waals surface area contributed by atoms with Crippen molar-refractivity contribution in [2.75, 3.05) is 37.7 Å². The number of ether oxygens (including phenoxy) is 1. The van der Waals surface area contributed by atoms with Crippen molar-refractivity contribution < 1.29 is 31.6 Å². The molecular weight excluding hydrogens is 577 g/mol. The van der Waals surface area contributed by atoms with Gasteiger partial charge in [-0.15, -0.1) is 0 Å². The lowest BCUT2D eigenvalue weighted by Gasteiger charge is -2.30. The summed E-state index contributed by atoms with van der Waals surface area (Å²) in [6.45, 7) is 1.28. The molecule has 1 fully saturated rings. The van der Waals surface area contributed by atoms with E-state index in [-0.39, 0.29) is 35.1 Å². The number of pyridine rings is 1. The van der Waals surface area contributed by atoms with Crippen LogP contribution in [0.2, 0.25) is 0 Å². The minimum Gasteiger partial charge on any atom is -0.470 e. The molecule has 2 amide bonds. The highest BCUT2D eigenvalue weighted by atomic mass is 32.2. The van der Waals surface area contributed by atoms with E-state index in [0.717, 1.165) is 17.0 Å². The van der Waals surface area contributed by atoms with E-state index < -0.39 is 21.8 Å². The summed E-state index contributed by atoms with van der Waals surface area (Å²) < 4.78 is 55.0. The molecule has 0 saturated carbocycles. The van der Waals surface area contributed by atoms with Crippen molar-refractivity contribution in [2.24, 2.45) is 0 Å². The molecule has 43 heavy (non-hydrogen) atoms. The Morgan fingerprint density at radius 1 is 1.09 bits per heavy atom. The van der Waals surface area contributed by atoms with Gasteiger partial charge < -0.3 is 23.9 Å². The predicted molar refractivity (Wildman–Crippen MR) is 158 cm³/mol. The Labute approximate surface area is 245 Å². The van der Waals surface area contributed by atoms with Gasteiger partial charge in [-0.3, -0.25) is 13.9 Å². The zero-order chi connectivity index (χ0) is 30.2. The standard InChI is InChI=1S/C30H26FN5O6S/c1-32-29(37)26-18-12-17(22(34(2)43(3,39)40)14-25(18)42-28(26)30(38)35-10-5-11-35)20-8-9-24-27(33-20)23-13-16-19(31)6-4-7-21(16)36(23)15-41-24/h4,6-9,12-14H,5,10-11,15H2,1-3H3,(H,32,37). The molecule has 0 spiro atoms. The second-order valence-corrected chi connectivity index (χ2v) is 12.6. The molecule has 0 aliphatic carbocycles. The molecule has 0 atom stereocenters. The van der Waals surface area contributed by atoms with Crippen LogP contribution in [-0.4, -0.2) is 68.1 Å². The van der Waals surface area contributed by atoms with Gasteiger partial charge in [-0.25, -0.2) is 17.8 Å². The Morgan fingerprint density at radius 3 is 2.58 bits per heavy atom. The number of likely N-dealkylation sites (tertiary alicyclic amines) is 1. The number of halogens is 1. The summed E-state index contributed by atoms with van der Waals surface area (Å²) in [5.74, 6) is -0.932. The summed E-state index contributed by atoms with van der Waals surface area (Å²) in [7, 11) is -0.896. The number of anilines is 1. The van der Waals surface area contributed by atoms with Crippen LogP contribution in [0.15, 0.2) is 52.9 Å². The molecule has 1 saturated heterocycles. The van der Waals surface area contributed by atoms with Crippen molar-refractivity contribution in [3.05, 3.63) is 65.7 Å². The fraction of sp³-hybridized carbons (Fsp3) is 0.233. The number of amides is 2. The lowest BCUT2D eigenvalue weighted by molar-refractivity contribution is 0.0616. The third kappa shape index (κ3) is 4.14. The Balaban J connectivity index is 1.47. The molecule has 0 unspecified atom stereocenters. The lowest BCUT2D eigenvalue weighted by Crippen LogP contribution is -2.42. The van der Waals surface area contributed by atoms with Crippen LogP contribution in [-0.2, 0) is 16.8 Å². The number of rotatable bonds is 5. The molecule has 1 N–H and O–H groups in total. The number of nitrogens with one attached hydrogen (secondary N) is 1. The maximum atomic E-state index is 14.7. The van der Waals surface area contributed by atoms with Crippen molar-refractivity contribution in [1.29, 1.82) is 0 Å². The van der Waals surface area contributed by atoms with E-state index in [1.807, 2.05) is 4.57 Å². The molecule has 2 aliphatic rings. The first-order valence-corrected chi connectivity index (χ1v) is 15.4. The predicted octanol–water partition coefficient (Wildman–Crippen LogP) is 4.21. The number of benzene rings is 2. The summed E-state index contributed by atoms with van der Waals surface area (Å²) >= 11 is 0. The van der Waals surface area contributed by atoms with Crippen molar-refractivity contribution in [2.45, 2.75) is 13.2 Å². The van der Waals surface area contributed by atoms with E-state index in [1.54, 1.807) is 41.3 Å². The molecule has 0 radical (unpaired) electrons. The van der Waals surface area contributed by atoms with E-state index in [1.165, 1.54) is 26.2 Å². The number of sulfonamides is 1. The number of hydrogen-bond donors (Lipinski definition) is 1. The third-order valence-electron chi connectivity index (χ3n) is 8.05. The molecule has 0 bridgehead atoms. The number of aromatic nitrogens is 2. The first-order valence-electron chi connectivity index (χ1n) is 13.5. The number of furan rings is 1. The van der Waals surface area contributed by atoms with Crippen LogP contribution < -0.4 is 14.4 Å². The topological polar surface area (TPSA) is 127 Å². The van der Waals surface area contributed by atoms with Crippen molar-refractivity contribution in [1.82, 2.24) is 19.8 Å². The van der Waals surface area contributed by atoms with Gasteiger partial charge in [-0.1, -0.05) is 6.07 Å². The molecule has 7 rings (SSSR count). The van der Waals surface area contributed by atoms with Crippen LogP contribution in [0.3, 0.4) is 0 Å². The van der Waals surface area contributed by atoms with Gasteiger partial charge in [0.25, 0.3) is 11.8 Å². The third-order valence-corrected chi connectivity index (χ3v) is 9.24. The Hall–Kier alpha value is -4.91. The Kier molecular flexibility index (Phi) is 5.99. The van der Waals surface area contributed by atoms with Crippen molar-refractivity contribution in [3.8, 4) is 28.4 Å². The van der Waals surface area contributed by atoms with Crippen LogP contribution in [0.1, 0.15) is 27.3 Å². The Bertz CT molecular complexity index is 2110. The fourth-order valence-electron chi connectivity index (χ4n) is 5.55. The summed E-state index contributed by atoms with van der Waals surface area (Å²) in [6, 6.07) is 13.0. The second kappa shape index (κ2) is 9.56. The average molecular weight is 604 g/mol. The number of carbonyl (C=O) groups excluding carboxylic acids is 2. The zero-order valence-electron chi connectivity index (χ0n) is 23.5. The second-order valence-electron chi connectivity index (χ2n) is 10.6. The molecule has 2 aromatic carbocycles. The smallest absolute Gasteiger partial charge is 0.290 e. The number of nitrogens with zero attached hydrogens (tertiary/aromatic N) is 4. The van der Waals surface area contributed by atoms with Gasteiger partial charge in [-0.05, 0) is 42.8 Å². The van der Waals surface area contributed by atoms with Gasteiger partial charge >= 0.3 is 0 Å². The normalized spacial score (nSPS) is 14.2. The maximum absolute atomic E-state index is 14.7. The lowest BCUT2D eigenvalue weighted by atomic mass is 10.0. The number of carbonyl (C=O) groups is 2. The van der Waals surface area contributed by atoms with Gasteiger partial charge in [0, 0.05) is 49.6 Å². The highest BCUT2D eigenvalue weighted by Crippen LogP contribution is 2.42. The maximum Gasteiger partial charge on any atom is 0.290 e. The zero-order valence-corrected chi connectivity index (χ0v) is 24.3. The molecular formula is C30H26FN5O6S. The summed E-state index contributed by atoms with van der Waals surface area (Å²) in [4.78, 5) is 32.8. The number of hydrogen-bond acceptors (Lipinski definition) is 7.